The Morgan fingerprint density at radius 1 is 1.00 bits per heavy atom. The first-order chi connectivity index (χ1) is 17.1. The van der Waals surface area contributed by atoms with Gasteiger partial charge in [0.1, 0.15) is 5.82 Å². The van der Waals surface area contributed by atoms with Crippen molar-refractivity contribution in [2.24, 2.45) is 0 Å². The highest BCUT2D eigenvalue weighted by Crippen LogP contribution is 2.31. The van der Waals surface area contributed by atoms with E-state index in [-0.39, 0.29) is 11.7 Å². The molecule has 180 valence electrons. The van der Waals surface area contributed by atoms with Gasteiger partial charge in [0.15, 0.2) is 10.9 Å². The zero-order valence-electron chi connectivity index (χ0n) is 19.4. The van der Waals surface area contributed by atoms with Crippen molar-refractivity contribution in [1.29, 1.82) is 0 Å². The largest absolute Gasteiger partial charge is 0.461 e. The van der Waals surface area contributed by atoms with E-state index < -0.39 is 0 Å². The predicted molar refractivity (Wildman–Crippen MR) is 133 cm³/mol. The van der Waals surface area contributed by atoms with Crippen molar-refractivity contribution < 1.29 is 13.6 Å². The number of hydrogen-bond acceptors (Lipinski definition) is 6. The standard InChI is InChI=1S/C26H26FN5O2S/c1-2-30-13-15-31(16-14-30)25(33)22-7-4-3-6-19(22)18-35-26-29-28-24(23-8-5-17-34-23)32(26)21-11-9-20(27)10-12-21/h3-12,17H,2,13-16,18H2,1H3. The minimum atomic E-state index is -0.317. The minimum Gasteiger partial charge on any atom is -0.461 e. The third kappa shape index (κ3) is 5.01. The number of rotatable bonds is 7. The lowest BCUT2D eigenvalue weighted by molar-refractivity contribution is 0.0642. The van der Waals surface area contributed by atoms with E-state index >= 15 is 0 Å². The van der Waals surface area contributed by atoms with E-state index in [9.17, 15) is 9.18 Å². The Morgan fingerprint density at radius 2 is 1.77 bits per heavy atom. The van der Waals surface area contributed by atoms with Gasteiger partial charge in [-0.3, -0.25) is 9.36 Å². The molecule has 0 radical (unpaired) electrons. The number of furan rings is 1. The Bertz CT molecular complexity index is 1280. The van der Waals surface area contributed by atoms with E-state index in [1.165, 1.54) is 23.9 Å². The van der Waals surface area contributed by atoms with Crippen LogP contribution in [0.1, 0.15) is 22.8 Å². The number of amides is 1. The van der Waals surface area contributed by atoms with Gasteiger partial charge < -0.3 is 14.2 Å². The number of piperazine rings is 1. The molecule has 0 unspecified atom stereocenters. The molecular weight excluding hydrogens is 465 g/mol. The molecular formula is C26H26FN5O2S. The van der Waals surface area contributed by atoms with E-state index in [0.717, 1.165) is 44.0 Å². The first-order valence-electron chi connectivity index (χ1n) is 11.6. The molecule has 3 heterocycles. The molecule has 5 rings (SSSR count). The maximum Gasteiger partial charge on any atom is 0.254 e. The number of carbonyl (C=O) groups is 1. The van der Waals surface area contributed by atoms with Crippen molar-refractivity contribution in [2.75, 3.05) is 32.7 Å². The second-order valence-electron chi connectivity index (χ2n) is 8.27. The van der Waals surface area contributed by atoms with Gasteiger partial charge in [0.05, 0.1) is 12.0 Å². The van der Waals surface area contributed by atoms with Crippen molar-refractivity contribution in [3.05, 3.63) is 83.9 Å². The first-order valence-corrected chi connectivity index (χ1v) is 12.6. The van der Waals surface area contributed by atoms with Crippen LogP contribution in [-0.4, -0.2) is 63.2 Å². The molecule has 0 bridgehead atoms. The third-order valence-corrected chi connectivity index (χ3v) is 7.15. The van der Waals surface area contributed by atoms with Gasteiger partial charge in [0.25, 0.3) is 5.91 Å². The van der Waals surface area contributed by atoms with Crippen molar-refractivity contribution in [1.82, 2.24) is 24.6 Å². The highest BCUT2D eigenvalue weighted by molar-refractivity contribution is 7.98. The number of aromatic nitrogens is 3. The summed E-state index contributed by atoms with van der Waals surface area (Å²) >= 11 is 1.47. The molecule has 0 spiro atoms. The second kappa shape index (κ2) is 10.5. The Morgan fingerprint density at radius 3 is 2.49 bits per heavy atom. The molecule has 0 saturated carbocycles. The van der Waals surface area contributed by atoms with Crippen LogP contribution in [0.2, 0.25) is 0 Å². The second-order valence-corrected chi connectivity index (χ2v) is 9.21. The molecule has 0 aliphatic carbocycles. The van der Waals surface area contributed by atoms with Gasteiger partial charge in [-0.15, -0.1) is 10.2 Å². The minimum absolute atomic E-state index is 0.0632. The summed E-state index contributed by atoms with van der Waals surface area (Å²) in [5, 5.41) is 9.36. The lowest BCUT2D eigenvalue weighted by atomic mass is 10.1. The number of thioether (sulfide) groups is 1. The van der Waals surface area contributed by atoms with Crippen LogP contribution in [0.4, 0.5) is 4.39 Å². The van der Waals surface area contributed by atoms with E-state index in [4.69, 9.17) is 4.42 Å². The lowest BCUT2D eigenvalue weighted by Gasteiger charge is -2.34. The van der Waals surface area contributed by atoms with Crippen molar-refractivity contribution in [3.8, 4) is 17.3 Å². The molecule has 1 aliphatic heterocycles. The number of benzene rings is 2. The molecule has 1 aliphatic rings. The average Bonchev–Trinajstić information content (AvgIpc) is 3.58. The van der Waals surface area contributed by atoms with Gasteiger partial charge in [-0.05, 0) is 54.6 Å². The summed E-state index contributed by atoms with van der Waals surface area (Å²) in [5.74, 6) is 1.38. The molecule has 35 heavy (non-hydrogen) atoms. The smallest absolute Gasteiger partial charge is 0.254 e. The first kappa shape index (κ1) is 23.3. The Balaban J connectivity index is 1.40. The summed E-state index contributed by atoms with van der Waals surface area (Å²) < 4.78 is 21.0. The molecule has 7 nitrogen and oxygen atoms in total. The molecule has 2 aromatic heterocycles. The zero-order chi connectivity index (χ0) is 24.2. The third-order valence-electron chi connectivity index (χ3n) is 6.17. The molecule has 1 saturated heterocycles. The number of carbonyl (C=O) groups excluding carboxylic acids is 1. The van der Waals surface area contributed by atoms with Crippen molar-refractivity contribution in [3.63, 3.8) is 0 Å². The predicted octanol–water partition coefficient (Wildman–Crippen LogP) is 4.74. The van der Waals surface area contributed by atoms with E-state index in [1.807, 2.05) is 39.8 Å². The summed E-state index contributed by atoms with van der Waals surface area (Å²) in [6, 6.07) is 17.5. The molecule has 0 N–H and O–H groups in total. The fourth-order valence-corrected chi connectivity index (χ4v) is 5.14. The molecule has 1 fully saturated rings. The number of nitrogens with zero attached hydrogens (tertiary/aromatic N) is 5. The van der Waals surface area contributed by atoms with Crippen LogP contribution in [0, 0.1) is 5.82 Å². The van der Waals surface area contributed by atoms with Crippen molar-refractivity contribution in [2.45, 2.75) is 17.8 Å². The van der Waals surface area contributed by atoms with Crippen LogP contribution in [-0.2, 0) is 5.75 Å². The summed E-state index contributed by atoms with van der Waals surface area (Å²) in [7, 11) is 0. The highest BCUT2D eigenvalue weighted by Gasteiger charge is 2.24. The van der Waals surface area contributed by atoms with Gasteiger partial charge >= 0.3 is 0 Å². The maximum atomic E-state index is 13.6. The van der Waals surface area contributed by atoms with E-state index in [0.29, 0.717) is 28.1 Å². The highest BCUT2D eigenvalue weighted by atomic mass is 32.2. The molecule has 4 aromatic rings. The summed E-state index contributed by atoms with van der Waals surface area (Å²) in [5.41, 5.74) is 2.38. The van der Waals surface area contributed by atoms with Crippen LogP contribution < -0.4 is 0 Å². The summed E-state index contributed by atoms with van der Waals surface area (Å²) in [4.78, 5) is 17.6. The Labute approximate surface area is 207 Å². The Hall–Kier alpha value is -3.43. The zero-order valence-corrected chi connectivity index (χ0v) is 20.2. The van der Waals surface area contributed by atoms with Crippen LogP contribution in [0.5, 0.6) is 0 Å². The summed E-state index contributed by atoms with van der Waals surface area (Å²) in [6.07, 6.45) is 1.58. The van der Waals surface area contributed by atoms with E-state index in [1.54, 1.807) is 24.5 Å². The molecule has 1 amide bonds. The fraction of sp³-hybridized carbons (Fsp3) is 0.269. The van der Waals surface area contributed by atoms with Gasteiger partial charge in [0.2, 0.25) is 5.82 Å². The molecule has 0 atom stereocenters. The SMILES string of the molecule is CCN1CCN(C(=O)c2ccccc2CSc2nnc(-c3ccco3)n2-c2ccc(F)cc2)CC1. The van der Waals surface area contributed by atoms with E-state index in [2.05, 4.69) is 22.0 Å². The van der Waals surface area contributed by atoms with Gasteiger partial charge in [-0.2, -0.15) is 0 Å². The molecule has 9 heteroatoms. The number of hydrogen-bond donors (Lipinski definition) is 0. The number of halogens is 1. The van der Waals surface area contributed by atoms with Crippen LogP contribution in [0.3, 0.4) is 0 Å². The number of likely N-dealkylation sites (N-methyl/N-ethyl adjacent to an activating group) is 1. The van der Waals surface area contributed by atoms with Gasteiger partial charge in [-0.1, -0.05) is 36.9 Å². The van der Waals surface area contributed by atoms with Gasteiger partial charge in [-0.25, -0.2) is 4.39 Å². The summed E-state index contributed by atoms with van der Waals surface area (Å²) in [6.45, 7) is 6.42. The monoisotopic (exact) mass is 491 g/mol. The quantitative estimate of drug-likeness (QED) is 0.348. The topological polar surface area (TPSA) is 67.4 Å². The molecule has 2 aromatic carbocycles. The average molecular weight is 492 g/mol. The van der Waals surface area contributed by atoms with Crippen LogP contribution in [0.25, 0.3) is 17.3 Å². The van der Waals surface area contributed by atoms with Crippen LogP contribution >= 0.6 is 11.8 Å². The van der Waals surface area contributed by atoms with Crippen LogP contribution in [0.15, 0.2) is 76.5 Å². The maximum absolute atomic E-state index is 13.6. The van der Waals surface area contributed by atoms with Crippen molar-refractivity contribution >= 4 is 17.7 Å². The van der Waals surface area contributed by atoms with Gasteiger partial charge in [0, 0.05) is 37.5 Å². The normalized spacial score (nSPS) is 14.4. The Kier molecular flexibility index (Phi) is 6.96. The fourth-order valence-electron chi connectivity index (χ4n) is 4.19. The lowest BCUT2D eigenvalue weighted by Crippen LogP contribution is -2.48.